The van der Waals surface area contributed by atoms with Crippen molar-refractivity contribution in [2.75, 3.05) is 32.0 Å². The molecule has 0 bridgehead atoms. The summed E-state index contributed by atoms with van der Waals surface area (Å²) in [5, 5.41) is 0. The topological polar surface area (TPSA) is 80.1 Å². The second-order valence-electron chi connectivity index (χ2n) is 7.65. The Balaban J connectivity index is 0.000000177. The van der Waals surface area contributed by atoms with E-state index in [1.54, 1.807) is 6.20 Å². The molecule has 3 aliphatic rings. The molecule has 0 aromatic carbocycles. The molecule has 2 aromatic rings. The van der Waals surface area contributed by atoms with Gasteiger partial charge in [0.25, 0.3) is 0 Å². The van der Waals surface area contributed by atoms with Gasteiger partial charge in [-0.15, -0.1) is 0 Å². The summed E-state index contributed by atoms with van der Waals surface area (Å²) in [7, 11) is 0. The molecule has 1 aliphatic heterocycles. The summed E-state index contributed by atoms with van der Waals surface area (Å²) in [4.78, 5) is 13.5. The molecule has 28 heavy (non-hydrogen) atoms. The normalized spacial score (nSPS) is 23.3. The third-order valence-corrected chi connectivity index (χ3v) is 5.42. The fourth-order valence-electron chi connectivity index (χ4n) is 3.64. The monoisotopic (exact) mass is 395 g/mol. The van der Waals surface area contributed by atoms with E-state index in [-0.39, 0.29) is 18.2 Å². The smallest absolute Gasteiger partial charge is 0.387 e. The van der Waals surface area contributed by atoms with E-state index in [4.69, 9.17) is 5.73 Å². The van der Waals surface area contributed by atoms with E-state index in [0.29, 0.717) is 23.7 Å². The molecule has 3 fully saturated rings. The lowest BCUT2D eigenvalue weighted by Crippen LogP contribution is -2.24. The van der Waals surface area contributed by atoms with Gasteiger partial charge >= 0.3 is 6.61 Å². The number of imidazole rings is 1. The number of nitrogens with zero attached hydrogens (tertiary/aromatic N) is 3. The summed E-state index contributed by atoms with van der Waals surface area (Å²) < 4.78 is 40.5. The molecule has 152 valence electrons. The van der Waals surface area contributed by atoms with Crippen LogP contribution in [0, 0.1) is 11.8 Å². The highest BCUT2D eigenvalue weighted by Crippen LogP contribution is 2.44. The minimum Gasteiger partial charge on any atom is -0.431 e. The van der Waals surface area contributed by atoms with Crippen LogP contribution in [0.25, 0.3) is 11.3 Å². The largest absolute Gasteiger partial charge is 0.431 e. The standard InChI is InChI=1S/C12H12F2N4O.C7H12FN/c13-12(14)19-9-3-7(4-16-10(9)15)8-5-17-11(18-8)6-1-2-6;8-1-2-9-4-6-3-7(6)5-9/h3-6,12H,1-2H2,(H2,15,16)(H,17,18);6-7H,1-5H2. The lowest BCUT2D eigenvalue weighted by molar-refractivity contribution is -0.0494. The van der Waals surface area contributed by atoms with E-state index in [2.05, 4.69) is 24.6 Å². The van der Waals surface area contributed by atoms with Crippen molar-refractivity contribution >= 4 is 5.82 Å². The van der Waals surface area contributed by atoms with Crippen LogP contribution < -0.4 is 10.5 Å². The fourth-order valence-corrected chi connectivity index (χ4v) is 3.64. The summed E-state index contributed by atoms with van der Waals surface area (Å²) in [6.45, 7) is -0.0709. The van der Waals surface area contributed by atoms with Crippen molar-refractivity contribution < 1.29 is 17.9 Å². The van der Waals surface area contributed by atoms with Crippen LogP contribution in [-0.2, 0) is 0 Å². The van der Waals surface area contributed by atoms with Crippen molar-refractivity contribution in [3.8, 4) is 17.0 Å². The van der Waals surface area contributed by atoms with Gasteiger partial charge in [-0.1, -0.05) is 0 Å². The molecule has 0 amide bonds. The van der Waals surface area contributed by atoms with E-state index >= 15 is 0 Å². The van der Waals surface area contributed by atoms with Gasteiger partial charge in [0.15, 0.2) is 11.6 Å². The van der Waals surface area contributed by atoms with Crippen LogP contribution in [0.5, 0.6) is 5.75 Å². The number of likely N-dealkylation sites (tertiary alicyclic amines) is 1. The first-order valence-corrected chi connectivity index (χ1v) is 9.57. The van der Waals surface area contributed by atoms with Crippen molar-refractivity contribution in [2.24, 2.45) is 11.8 Å². The van der Waals surface area contributed by atoms with Crippen molar-refractivity contribution in [1.29, 1.82) is 0 Å². The molecule has 6 nitrogen and oxygen atoms in total. The molecule has 2 unspecified atom stereocenters. The predicted molar refractivity (Wildman–Crippen MR) is 98.9 cm³/mol. The first-order valence-electron chi connectivity index (χ1n) is 9.57. The maximum absolute atomic E-state index is 12.2. The van der Waals surface area contributed by atoms with Crippen LogP contribution in [0.1, 0.15) is 31.0 Å². The minimum atomic E-state index is -2.93. The number of ether oxygens (including phenoxy) is 1. The van der Waals surface area contributed by atoms with E-state index in [9.17, 15) is 13.2 Å². The number of hydrogen-bond acceptors (Lipinski definition) is 5. The van der Waals surface area contributed by atoms with Gasteiger partial charge in [-0.2, -0.15) is 8.78 Å². The minimum absolute atomic E-state index is 0.0639. The molecule has 1 saturated heterocycles. The molecular weight excluding hydrogens is 371 g/mol. The van der Waals surface area contributed by atoms with Crippen LogP contribution in [0.4, 0.5) is 19.0 Å². The van der Waals surface area contributed by atoms with Gasteiger partial charge in [-0.25, -0.2) is 14.4 Å². The van der Waals surface area contributed by atoms with Crippen molar-refractivity contribution in [3.63, 3.8) is 0 Å². The molecule has 5 rings (SSSR count). The van der Waals surface area contributed by atoms with Crippen molar-refractivity contribution in [1.82, 2.24) is 19.9 Å². The second-order valence-corrected chi connectivity index (χ2v) is 7.65. The highest BCUT2D eigenvalue weighted by Gasteiger charge is 2.44. The van der Waals surface area contributed by atoms with Crippen LogP contribution in [0.3, 0.4) is 0 Å². The number of aromatic amines is 1. The molecule has 9 heteroatoms. The fraction of sp³-hybridized carbons (Fsp3) is 0.579. The molecular formula is C19H24F3N5O. The van der Waals surface area contributed by atoms with Gasteiger partial charge in [0, 0.05) is 37.3 Å². The summed E-state index contributed by atoms with van der Waals surface area (Å²) in [6.07, 6.45) is 6.84. The first kappa shape index (κ1) is 19.0. The molecule has 3 N–H and O–H groups in total. The maximum Gasteiger partial charge on any atom is 0.387 e. The number of nitrogens with two attached hydrogens (primary N) is 1. The number of H-pyrrole nitrogens is 1. The molecule has 2 aromatic heterocycles. The summed E-state index contributed by atoms with van der Waals surface area (Å²) in [6, 6.07) is 1.43. The van der Waals surface area contributed by atoms with E-state index in [0.717, 1.165) is 30.5 Å². The lowest BCUT2D eigenvalue weighted by Gasteiger charge is -2.13. The zero-order valence-corrected chi connectivity index (χ0v) is 15.5. The summed E-state index contributed by atoms with van der Waals surface area (Å²) in [5.41, 5.74) is 6.82. The number of nitrogen functional groups attached to an aromatic ring is 1. The van der Waals surface area contributed by atoms with Gasteiger partial charge in [0.1, 0.15) is 12.5 Å². The highest BCUT2D eigenvalue weighted by atomic mass is 19.3. The van der Waals surface area contributed by atoms with Crippen LogP contribution in [-0.4, -0.2) is 52.8 Å². The maximum atomic E-state index is 12.2. The van der Waals surface area contributed by atoms with Gasteiger partial charge in [0.05, 0.1) is 11.9 Å². The lowest BCUT2D eigenvalue weighted by atomic mass is 10.2. The molecule has 3 heterocycles. The molecule has 0 spiro atoms. The Bertz CT molecular complexity index is 801. The Morgan fingerprint density at radius 2 is 1.96 bits per heavy atom. The summed E-state index contributed by atoms with van der Waals surface area (Å²) in [5.74, 6) is 3.13. The van der Waals surface area contributed by atoms with Gasteiger partial charge in [-0.05, 0) is 37.2 Å². The second kappa shape index (κ2) is 7.98. The number of rotatable bonds is 6. The van der Waals surface area contributed by atoms with Gasteiger partial charge < -0.3 is 20.4 Å². The Morgan fingerprint density at radius 1 is 1.21 bits per heavy atom. The van der Waals surface area contributed by atoms with Crippen molar-refractivity contribution in [3.05, 3.63) is 24.3 Å². The number of fused-ring (bicyclic) bond motifs is 1. The van der Waals surface area contributed by atoms with Gasteiger partial charge in [-0.3, -0.25) is 0 Å². The third-order valence-electron chi connectivity index (χ3n) is 5.42. The summed E-state index contributed by atoms with van der Waals surface area (Å²) >= 11 is 0. The Labute approximate surface area is 161 Å². The average Bonchev–Trinajstić information content (AvgIpc) is 3.56. The first-order chi connectivity index (χ1) is 13.5. The zero-order valence-electron chi connectivity index (χ0n) is 15.5. The predicted octanol–water partition coefficient (Wildman–Crippen LogP) is 3.44. The molecule has 2 aliphatic carbocycles. The molecule has 2 atom stereocenters. The number of halogens is 3. The number of hydrogen-bond donors (Lipinski definition) is 2. The number of piperidine rings is 1. The van der Waals surface area contributed by atoms with Gasteiger partial charge in [0.2, 0.25) is 0 Å². The van der Waals surface area contributed by atoms with Crippen LogP contribution in [0.15, 0.2) is 18.5 Å². The van der Waals surface area contributed by atoms with Crippen molar-refractivity contribution in [2.45, 2.75) is 31.8 Å². The third kappa shape index (κ3) is 4.57. The number of pyridine rings is 1. The van der Waals surface area contributed by atoms with Crippen LogP contribution in [0.2, 0.25) is 0 Å². The Kier molecular flexibility index (Phi) is 5.43. The quantitative estimate of drug-likeness (QED) is 0.783. The number of alkyl halides is 3. The number of anilines is 1. The van der Waals surface area contributed by atoms with E-state index in [1.807, 2.05) is 0 Å². The highest BCUT2D eigenvalue weighted by molar-refractivity contribution is 5.63. The van der Waals surface area contributed by atoms with E-state index < -0.39 is 6.61 Å². The molecule has 0 radical (unpaired) electrons. The number of aromatic nitrogens is 3. The molecule has 2 saturated carbocycles. The van der Waals surface area contributed by atoms with Crippen LogP contribution >= 0.6 is 0 Å². The Morgan fingerprint density at radius 3 is 2.61 bits per heavy atom. The zero-order chi connectivity index (χ0) is 19.7. The SMILES string of the molecule is FCCN1CC2CC2C1.Nc1ncc(-c2cnc(C3CC3)[nH]2)cc1OC(F)F. The number of nitrogens with one attached hydrogen (secondary N) is 1. The average molecular weight is 395 g/mol. The van der Waals surface area contributed by atoms with E-state index in [1.165, 1.54) is 31.8 Å². The Hall–Kier alpha value is -2.29.